The van der Waals surface area contributed by atoms with Gasteiger partial charge in [0.2, 0.25) is 0 Å². The lowest BCUT2D eigenvalue weighted by Crippen LogP contribution is -2.16. The Hall–Kier alpha value is -1.53. The Bertz CT molecular complexity index is 735. The average Bonchev–Trinajstić information content (AvgIpc) is 2.34. The van der Waals surface area contributed by atoms with Gasteiger partial charge in [0.1, 0.15) is 0 Å². The molecule has 0 heterocycles. The Morgan fingerprint density at radius 2 is 1.75 bits per heavy atom. The summed E-state index contributed by atoms with van der Waals surface area (Å²) in [5, 5.41) is 0. The molecule has 106 valence electrons. The predicted molar refractivity (Wildman–Crippen MR) is 85.3 cm³/mol. The van der Waals surface area contributed by atoms with E-state index in [0.29, 0.717) is 16.9 Å². The van der Waals surface area contributed by atoms with E-state index in [9.17, 15) is 8.42 Å². The fourth-order valence-corrected chi connectivity index (χ4v) is 3.95. The molecule has 0 aliphatic carbocycles. The van der Waals surface area contributed by atoms with Crippen LogP contribution in [0.4, 0.5) is 11.4 Å². The highest BCUT2D eigenvalue weighted by molar-refractivity contribution is 9.10. The number of nitrogen functional groups attached to an aromatic ring is 1. The van der Waals surface area contributed by atoms with Gasteiger partial charge in [-0.05, 0) is 43.2 Å². The van der Waals surface area contributed by atoms with Crippen molar-refractivity contribution in [2.75, 3.05) is 10.5 Å². The van der Waals surface area contributed by atoms with Crippen LogP contribution in [0.3, 0.4) is 0 Å². The summed E-state index contributed by atoms with van der Waals surface area (Å²) in [5.41, 5.74) is 8.13. The fourth-order valence-electron chi connectivity index (χ4n) is 1.96. The maximum Gasteiger partial charge on any atom is 0.262 e. The van der Waals surface area contributed by atoms with Crippen LogP contribution in [-0.4, -0.2) is 8.42 Å². The van der Waals surface area contributed by atoms with Gasteiger partial charge in [0.25, 0.3) is 10.0 Å². The maximum atomic E-state index is 12.4. The molecule has 0 fully saturated rings. The zero-order valence-electron chi connectivity index (χ0n) is 11.1. The van der Waals surface area contributed by atoms with E-state index >= 15 is 0 Å². The number of aryl methyl sites for hydroxylation is 2. The van der Waals surface area contributed by atoms with Gasteiger partial charge in [-0.25, -0.2) is 8.42 Å². The third kappa shape index (κ3) is 2.96. The normalized spacial score (nSPS) is 11.3. The van der Waals surface area contributed by atoms with Crippen molar-refractivity contribution < 1.29 is 8.42 Å². The molecular weight excluding hydrogens is 340 g/mol. The molecule has 0 aliphatic heterocycles. The molecule has 20 heavy (non-hydrogen) atoms. The number of benzene rings is 2. The molecule has 2 aromatic carbocycles. The van der Waals surface area contributed by atoms with Gasteiger partial charge in [-0.2, -0.15) is 0 Å². The average molecular weight is 355 g/mol. The lowest BCUT2D eigenvalue weighted by molar-refractivity contribution is 0.600. The highest BCUT2D eigenvalue weighted by atomic mass is 79.9. The van der Waals surface area contributed by atoms with Gasteiger partial charge in [0.15, 0.2) is 0 Å². The summed E-state index contributed by atoms with van der Waals surface area (Å²) in [6.45, 7) is 3.56. The molecule has 3 N–H and O–H groups in total. The first kappa shape index (κ1) is 14.9. The minimum absolute atomic E-state index is 0.252. The second-order valence-electron chi connectivity index (χ2n) is 4.56. The zero-order valence-corrected chi connectivity index (χ0v) is 13.5. The molecule has 0 unspecified atom stereocenters. The van der Waals surface area contributed by atoms with Crippen LogP contribution in [0.2, 0.25) is 0 Å². The number of nitrogens with one attached hydrogen (secondary N) is 1. The first-order valence-corrected chi connectivity index (χ1v) is 8.23. The van der Waals surface area contributed by atoms with Crippen LogP contribution in [0.5, 0.6) is 0 Å². The summed E-state index contributed by atoms with van der Waals surface area (Å²) in [7, 11) is -3.65. The number of hydrogen-bond donors (Lipinski definition) is 2. The van der Waals surface area contributed by atoms with E-state index in [1.807, 2.05) is 6.07 Å². The number of halogens is 1. The van der Waals surface area contributed by atoms with Gasteiger partial charge >= 0.3 is 0 Å². The largest absolute Gasteiger partial charge is 0.397 e. The number of rotatable bonds is 3. The van der Waals surface area contributed by atoms with Crippen molar-refractivity contribution in [1.82, 2.24) is 0 Å². The summed E-state index contributed by atoms with van der Waals surface area (Å²) >= 11 is 3.33. The van der Waals surface area contributed by atoms with Crippen molar-refractivity contribution >= 4 is 37.3 Å². The Morgan fingerprint density at radius 3 is 2.35 bits per heavy atom. The van der Waals surface area contributed by atoms with Crippen LogP contribution in [-0.2, 0) is 10.0 Å². The number of hydrogen-bond acceptors (Lipinski definition) is 3. The van der Waals surface area contributed by atoms with Gasteiger partial charge in [0, 0.05) is 4.47 Å². The molecular formula is C14H15BrN2O2S. The van der Waals surface area contributed by atoms with E-state index < -0.39 is 10.0 Å². The lowest BCUT2D eigenvalue weighted by atomic mass is 10.2. The van der Waals surface area contributed by atoms with E-state index in [1.54, 1.807) is 44.2 Å². The van der Waals surface area contributed by atoms with Gasteiger partial charge in [0.05, 0.1) is 16.3 Å². The van der Waals surface area contributed by atoms with E-state index in [2.05, 4.69) is 20.7 Å². The summed E-state index contributed by atoms with van der Waals surface area (Å²) in [5.74, 6) is 0. The second-order valence-corrected chi connectivity index (χ2v) is 7.12. The van der Waals surface area contributed by atoms with Gasteiger partial charge in [-0.15, -0.1) is 0 Å². The quantitative estimate of drug-likeness (QED) is 0.829. The van der Waals surface area contributed by atoms with E-state index in [1.165, 1.54) is 0 Å². The van der Waals surface area contributed by atoms with Crippen molar-refractivity contribution in [3.8, 4) is 0 Å². The summed E-state index contributed by atoms with van der Waals surface area (Å²) in [6.07, 6.45) is 0. The molecule has 0 amide bonds. The molecule has 0 bridgehead atoms. The van der Waals surface area contributed by atoms with Crippen molar-refractivity contribution in [1.29, 1.82) is 0 Å². The number of anilines is 2. The van der Waals surface area contributed by atoms with Crippen molar-refractivity contribution in [2.24, 2.45) is 0 Å². The highest BCUT2D eigenvalue weighted by Gasteiger charge is 2.18. The molecule has 2 aromatic rings. The van der Waals surface area contributed by atoms with Crippen molar-refractivity contribution in [2.45, 2.75) is 18.7 Å². The van der Waals surface area contributed by atoms with E-state index in [0.717, 1.165) is 10.0 Å². The standard InChI is InChI=1S/C14H15BrN2O2S/c1-9-5-3-4-6-13(9)20(18,19)17-14-10(2)7-11(15)8-12(14)16/h3-8,17H,16H2,1-2H3. The van der Waals surface area contributed by atoms with Crippen molar-refractivity contribution in [3.05, 3.63) is 52.0 Å². The molecule has 0 saturated carbocycles. The molecule has 0 saturated heterocycles. The summed E-state index contributed by atoms with van der Waals surface area (Å²) in [6, 6.07) is 10.3. The van der Waals surface area contributed by atoms with Crippen LogP contribution in [0.1, 0.15) is 11.1 Å². The molecule has 0 aromatic heterocycles. The first-order chi connectivity index (χ1) is 9.31. The predicted octanol–water partition coefficient (Wildman–Crippen LogP) is 3.45. The molecule has 4 nitrogen and oxygen atoms in total. The Labute approximate surface area is 127 Å². The van der Waals surface area contributed by atoms with Crippen LogP contribution >= 0.6 is 15.9 Å². The number of sulfonamides is 1. The van der Waals surface area contributed by atoms with Crippen LogP contribution < -0.4 is 10.5 Å². The Kier molecular flexibility index (Phi) is 4.06. The Balaban J connectivity index is 2.47. The van der Waals surface area contributed by atoms with E-state index in [4.69, 9.17) is 5.73 Å². The zero-order chi connectivity index (χ0) is 14.9. The second kappa shape index (κ2) is 5.46. The van der Waals surface area contributed by atoms with Gasteiger partial charge in [-0.3, -0.25) is 4.72 Å². The molecule has 0 atom stereocenters. The molecule has 6 heteroatoms. The van der Waals surface area contributed by atoms with Crippen LogP contribution in [0.25, 0.3) is 0 Å². The molecule has 0 spiro atoms. The molecule has 0 radical (unpaired) electrons. The molecule has 2 rings (SSSR count). The highest BCUT2D eigenvalue weighted by Crippen LogP contribution is 2.30. The first-order valence-electron chi connectivity index (χ1n) is 5.95. The topological polar surface area (TPSA) is 72.2 Å². The fraction of sp³-hybridized carbons (Fsp3) is 0.143. The minimum atomic E-state index is -3.65. The third-order valence-electron chi connectivity index (χ3n) is 2.95. The third-order valence-corrected chi connectivity index (χ3v) is 4.92. The van der Waals surface area contributed by atoms with Gasteiger partial charge in [-0.1, -0.05) is 34.1 Å². The molecule has 0 aliphatic rings. The maximum absolute atomic E-state index is 12.4. The van der Waals surface area contributed by atoms with Crippen molar-refractivity contribution in [3.63, 3.8) is 0 Å². The van der Waals surface area contributed by atoms with Crippen LogP contribution in [0.15, 0.2) is 45.8 Å². The summed E-state index contributed by atoms with van der Waals surface area (Å²) < 4.78 is 28.2. The minimum Gasteiger partial charge on any atom is -0.397 e. The van der Waals surface area contributed by atoms with E-state index in [-0.39, 0.29) is 4.90 Å². The number of nitrogens with two attached hydrogens (primary N) is 1. The SMILES string of the molecule is Cc1ccccc1S(=O)(=O)Nc1c(C)cc(Br)cc1N. The van der Waals surface area contributed by atoms with Crippen LogP contribution in [0, 0.1) is 13.8 Å². The monoisotopic (exact) mass is 354 g/mol. The van der Waals surface area contributed by atoms with Gasteiger partial charge < -0.3 is 5.73 Å². The lowest BCUT2D eigenvalue weighted by Gasteiger charge is -2.14. The Morgan fingerprint density at radius 1 is 1.10 bits per heavy atom. The smallest absolute Gasteiger partial charge is 0.262 e. The summed E-state index contributed by atoms with van der Waals surface area (Å²) in [4.78, 5) is 0.252.